The highest BCUT2D eigenvalue weighted by atomic mass is 16.6. The molecule has 0 spiro atoms. The summed E-state index contributed by atoms with van der Waals surface area (Å²) in [4.78, 5) is 16.6. The molecule has 1 aliphatic rings. The van der Waals surface area contributed by atoms with Crippen molar-refractivity contribution in [3.8, 4) is 17.2 Å². The van der Waals surface area contributed by atoms with Crippen molar-refractivity contribution in [3.63, 3.8) is 0 Å². The van der Waals surface area contributed by atoms with Crippen LogP contribution in [-0.2, 0) is 9.53 Å². The number of carbonyl (C=O) groups excluding carboxylic acids is 1. The van der Waals surface area contributed by atoms with Gasteiger partial charge in [-0.2, -0.15) is 0 Å². The van der Waals surface area contributed by atoms with Crippen molar-refractivity contribution in [1.29, 1.82) is 0 Å². The molecule has 174 valence electrons. The van der Waals surface area contributed by atoms with E-state index in [9.17, 15) is 4.79 Å². The topological polar surface area (TPSA) is 66.4 Å². The van der Waals surface area contributed by atoms with E-state index < -0.39 is 5.97 Å². The summed E-state index contributed by atoms with van der Waals surface area (Å²) in [5.74, 6) is 1.82. The van der Waals surface area contributed by atoms with Crippen LogP contribution in [0.1, 0.15) is 29.2 Å². The van der Waals surface area contributed by atoms with E-state index in [4.69, 9.17) is 18.9 Å². The smallest absolute Gasteiger partial charge is 0.363 e. The summed E-state index contributed by atoms with van der Waals surface area (Å²) < 4.78 is 22.8. The van der Waals surface area contributed by atoms with Gasteiger partial charge >= 0.3 is 5.97 Å². The molecule has 3 aromatic rings. The molecule has 1 aliphatic heterocycles. The summed E-state index contributed by atoms with van der Waals surface area (Å²) in [7, 11) is 0. The Balaban J connectivity index is 1.43. The number of esters is 1. The fourth-order valence-electron chi connectivity index (χ4n) is 3.39. The first-order valence-electron chi connectivity index (χ1n) is 11.2. The Hall–Kier alpha value is -4.06. The van der Waals surface area contributed by atoms with Gasteiger partial charge in [-0.15, -0.1) is 0 Å². The fourth-order valence-corrected chi connectivity index (χ4v) is 3.39. The second-order valence-corrected chi connectivity index (χ2v) is 7.78. The number of benzene rings is 3. The highest BCUT2D eigenvalue weighted by Crippen LogP contribution is 2.30. The Labute approximate surface area is 199 Å². The van der Waals surface area contributed by atoms with Crippen molar-refractivity contribution in [2.75, 3.05) is 19.8 Å². The quantitative estimate of drug-likeness (QED) is 0.241. The summed E-state index contributed by atoms with van der Waals surface area (Å²) in [6, 6.07) is 20.8. The van der Waals surface area contributed by atoms with Gasteiger partial charge < -0.3 is 18.9 Å². The van der Waals surface area contributed by atoms with Gasteiger partial charge in [0.15, 0.2) is 17.2 Å². The van der Waals surface area contributed by atoms with Crippen LogP contribution < -0.4 is 14.2 Å². The molecule has 0 atom stereocenters. The number of hydrogen-bond donors (Lipinski definition) is 0. The molecule has 0 saturated heterocycles. The maximum absolute atomic E-state index is 12.3. The summed E-state index contributed by atoms with van der Waals surface area (Å²) in [6.07, 6.45) is 1.67. The molecule has 0 fully saturated rings. The summed E-state index contributed by atoms with van der Waals surface area (Å²) in [6.45, 7) is 7.29. The van der Waals surface area contributed by atoms with E-state index in [2.05, 4.69) is 18.8 Å². The SMILES string of the molecule is CCOc1cc(/C=C2/N=C(c3ccccc3)OC2=O)ccc1OCCOc1ccc(C)c(C)c1. The van der Waals surface area contributed by atoms with Crippen LogP contribution in [0.5, 0.6) is 17.2 Å². The first-order valence-corrected chi connectivity index (χ1v) is 11.2. The van der Waals surface area contributed by atoms with E-state index in [-0.39, 0.29) is 5.70 Å². The van der Waals surface area contributed by atoms with E-state index in [1.165, 1.54) is 11.1 Å². The predicted octanol–water partition coefficient (Wildman–Crippen LogP) is 5.50. The van der Waals surface area contributed by atoms with Gasteiger partial charge in [-0.25, -0.2) is 9.79 Å². The van der Waals surface area contributed by atoms with Crippen LogP contribution in [0.2, 0.25) is 0 Å². The summed E-state index contributed by atoms with van der Waals surface area (Å²) in [5.41, 5.74) is 4.16. The lowest BCUT2D eigenvalue weighted by atomic mass is 10.1. The Kier molecular flexibility index (Phi) is 7.28. The largest absolute Gasteiger partial charge is 0.490 e. The number of aliphatic imine (C=N–C) groups is 1. The zero-order valence-electron chi connectivity index (χ0n) is 19.5. The fraction of sp³-hybridized carbons (Fsp3) is 0.214. The Morgan fingerprint density at radius 2 is 1.65 bits per heavy atom. The van der Waals surface area contributed by atoms with E-state index in [0.29, 0.717) is 37.2 Å². The number of rotatable bonds is 9. The molecule has 6 heteroatoms. The second kappa shape index (κ2) is 10.7. The molecule has 1 heterocycles. The van der Waals surface area contributed by atoms with E-state index in [1.807, 2.05) is 73.7 Å². The Morgan fingerprint density at radius 1 is 0.853 bits per heavy atom. The molecule has 34 heavy (non-hydrogen) atoms. The van der Waals surface area contributed by atoms with Crippen LogP contribution in [0.15, 0.2) is 77.4 Å². The first kappa shape index (κ1) is 23.1. The minimum atomic E-state index is -0.486. The third kappa shape index (κ3) is 5.64. The van der Waals surface area contributed by atoms with E-state index >= 15 is 0 Å². The number of aryl methyl sites for hydroxylation is 2. The summed E-state index contributed by atoms with van der Waals surface area (Å²) in [5, 5.41) is 0. The zero-order chi connectivity index (χ0) is 23.9. The highest BCUT2D eigenvalue weighted by Gasteiger charge is 2.24. The Bertz CT molecular complexity index is 1230. The van der Waals surface area contributed by atoms with E-state index in [0.717, 1.165) is 16.9 Å². The van der Waals surface area contributed by atoms with Gasteiger partial charge in [0.2, 0.25) is 5.90 Å². The molecule has 0 bridgehead atoms. The number of cyclic esters (lactones) is 1. The van der Waals surface area contributed by atoms with Gasteiger partial charge in [0.05, 0.1) is 6.61 Å². The zero-order valence-corrected chi connectivity index (χ0v) is 19.5. The van der Waals surface area contributed by atoms with Crippen LogP contribution in [0.25, 0.3) is 6.08 Å². The molecule has 3 aromatic carbocycles. The minimum Gasteiger partial charge on any atom is -0.490 e. The lowest BCUT2D eigenvalue weighted by Gasteiger charge is -2.13. The van der Waals surface area contributed by atoms with Gasteiger partial charge in [-0.05, 0) is 79.9 Å². The minimum absolute atomic E-state index is 0.233. The van der Waals surface area contributed by atoms with Gasteiger partial charge in [-0.1, -0.05) is 30.3 Å². The molecule has 4 rings (SSSR count). The normalized spacial score (nSPS) is 14.0. The van der Waals surface area contributed by atoms with Crippen molar-refractivity contribution < 1.29 is 23.7 Å². The average molecular weight is 458 g/mol. The van der Waals surface area contributed by atoms with Gasteiger partial charge in [0.1, 0.15) is 19.0 Å². The molecule has 0 N–H and O–H groups in total. The maximum Gasteiger partial charge on any atom is 0.363 e. The highest BCUT2D eigenvalue weighted by molar-refractivity contribution is 6.12. The van der Waals surface area contributed by atoms with Crippen molar-refractivity contribution in [2.45, 2.75) is 20.8 Å². The van der Waals surface area contributed by atoms with Crippen LogP contribution in [-0.4, -0.2) is 31.7 Å². The standard InChI is InChI=1S/C28H27NO5/c1-4-31-26-18-21(17-24-28(30)34-27(29-24)22-8-6-5-7-9-22)11-13-25(26)33-15-14-32-23-12-10-19(2)20(3)16-23/h5-13,16-18H,4,14-15H2,1-3H3/b24-17+. The second-order valence-electron chi connectivity index (χ2n) is 7.78. The number of carbonyl (C=O) groups is 1. The molecule has 0 saturated carbocycles. The number of ether oxygens (including phenoxy) is 4. The van der Waals surface area contributed by atoms with Crippen LogP contribution >= 0.6 is 0 Å². The maximum atomic E-state index is 12.3. The van der Waals surface area contributed by atoms with Crippen LogP contribution in [0.4, 0.5) is 0 Å². The molecule has 0 aromatic heterocycles. The lowest BCUT2D eigenvalue weighted by Crippen LogP contribution is -2.10. The van der Waals surface area contributed by atoms with Crippen molar-refractivity contribution in [2.24, 2.45) is 4.99 Å². The summed E-state index contributed by atoms with van der Waals surface area (Å²) >= 11 is 0. The molecule has 6 nitrogen and oxygen atoms in total. The van der Waals surface area contributed by atoms with Crippen LogP contribution in [0.3, 0.4) is 0 Å². The van der Waals surface area contributed by atoms with Crippen molar-refractivity contribution in [3.05, 3.63) is 94.7 Å². The van der Waals surface area contributed by atoms with Gasteiger partial charge in [-0.3, -0.25) is 0 Å². The first-order chi connectivity index (χ1) is 16.5. The molecular formula is C28H27NO5. The number of nitrogens with zero attached hydrogens (tertiary/aromatic N) is 1. The molecule has 0 aliphatic carbocycles. The Morgan fingerprint density at radius 3 is 2.41 bits per heavy atom. The molecule has 0 amide bonds. The third-order valence-corrected chi connectivity index (χ3v) is 5.30. The van der Waals surface area contributed by atoms with E-state index in [1.54, 1.807) is 6.08 Å². The monoisotopic (exact) mass is 457 g/mol. The van der Waals surface area contributed by atoms with Crippen molar-refractivity contribution >= 4 is 17.9 Å². The number of hydrogen-bond acceptors (Lipinski definition) is 6. The molecule has 0 unspecified atom stereocenters. The average Bonchev–Trinajstić information content (AvgIpc) is 3.21. The van der Waals surface area contributed by atoms with Gasteiger partial charge in [0.25, 0.3) is 0 Å². The van der Waals surface area contributed by atoms with Crippen molar-refractivity contribution in [1.82, 2.24) is 0 Å². The predicted molar refractivity (Wildman–Crippen MR) is 132 cm³/mol. The third-order valence-electron chi connectivity index (χ3n) is 5.30. The van der Waals surface area contributed by atoms with Crippen LogP contribution in [0, 0.1) is 13.8 Å². The van der Waals surface area contributed by atoms with Gasteiger partial charge in [0, 0.05) is 5.56 Å². The molecule has 0 radical (unpaired) electrons. The molecular weight excluding hydrogens is 430 g/mol. The lowest BCUT2D eigenvalue weighted by molar-refractivity contribution is -0.129.